The van der Waals surface area contributed by atoms with Gasteiger partial charge in [0.15, 0.2) is 17.4 Å². The van der Waals surface area contributed by atoms with Gasteiger partial charge in [0.2, 0.25) is 24.1 Å². The summed E-state index contributed by atoms with van der Waals surface area (Å²) >= 11 is 0. The molecule has 4 aromatic rings. The van der Waals surface area contributed by atoms with Crippen molar-refractivity contribution >= 4 is 64.9 Å². The van der Waals surface area contributed by atoms with Gasteiger partial charge in [0.1, 0.15) is 34.8 Å². The standard InChI is InChI=1S/C46H43F2N9O8/c1-4-36(60)54-20-21-55(25(2)23-54)41(49-3)28-22-30(48)39-38-29(47)12-9-14-33(38)65-34-15-8-11-27(40(34)56(24-58)42(28)53-39)43(61)51-19-6-5-18-50-31-13-7-10-26-37(31)46(64)57(45(26)63)32-16-17-35(59)52-44(32)62/h4,7-15,22,24-25,32,50H,1,5-6,16-21,23H2,2-3H3,(H,51,61)(H,52,59,62)/b49-41+. The van der Waals surface area contributed by atoms with Crippen LogP contribution in [0.3, 0.4) is 0 Å². The number of para-hydroxylation sites is 1. The Hall–Kier alpha value is -7.83. The van der Waals surface area contributed by atoms with Crippen LogP contribution in [-0.2, 0) is 19.2 Å². The van der Waals surface area contributed by atoms with Gasteiger partial charge in [-0.2, -0.15) is 0 Å². The highest BCUT2D eigenvalue weighted by Crippen LogP contribution is 2.46. The number of amidine groups is 1. The topological polar surface area (TPSA) is 203 Å². The second-order valence-electron chi connectivity index (χ2n) is 15.7. The number of piperidine rings is 1. The van der Waals surface area contributed by atoms with Gasteiger partial charge in [0, 0.05) is 57.9 Å². The molecule has 17 nitrogen and oxygen atoms in total. The zero-order chi connectivity index (χ0) is 46.1. The van der Waals surface area contributed by atoms with Gasteiger partial charge in [0.25, 0.3) is 17.7 Å². The maximum Gasteiger partial charge on any atom is 0.264 e. The molecule has 0 aliphatic carbocycles. The van der Waals surface area contributed by atoms with Crippen molar-refractivity contribution in [1.82, 2.24) is 30.3 Å². The lowest BCUT2D eigenvalue weighted by atomic mass is 10.0. The summed E-state index contributed by atoms with van der Waals surface area (Å²) in [6.07, 6.45) is 2.59. The molecule has 7 amide bonds. The van der Waals surface area contributed by atoms with E-state index in [0.29, 0.717) is 44.6 Å². The van der Waals surface area contributed by atoms with Crippen LogP contribution in [0.5, 0.6) is 11.5 Å². The van der Waals surface area contributed by atoms with Crippen molar-refractivity contribution in [3.63, 3.8) is 0 Å². The summed E-state index contributed by atoms with van der Waals surface area (Å²) in [5.41, 5.74) is -0.108. The molecule has 2 saturated heterocycles. The first-order valence-electron chi connectivity index (χ1n) is 20.9. The number of nitrogens with zero attached hydrogens (tertiary/aromatic N) is 6. The fourth-order valence-corrected chi connectivity index (χ4v) is 8.62. The van der Waals surface area contributed by atoms with E-state index in [-0.39, 0.29) is 94.5 Å². The number of ether oxygens (including phenoxy) is 1. The van der Waals surface area contributed by atoms with Gasteiger partial charge < -0.3 is 25.2 Å². The van der Waals surface area contributed by atoms with E-state index in [4.69, 9.17) is 4.74 Å². The molecule has 2 fully saturated rings. The van der Waals surface area contributed by atoms with Crippen molar-refractivity contribution in [2.24, 2.45) is 4.99 Å². The van der Waals surface area contributed by atoms with Gasteiger partial charge in [0.05, 0.1) is 27.8 Å². The number of piperazine rings is 1. The first-order valence-corrected chi connectivity index (χ1v) is 20.9. The Kier molecular flexibility index (Phi) is 12.2. The molecule has 19 heteroatoms. The van der Waals surface area contributed by atoms with Crippen molar-refractivity contribution in [1.29, 1.82) is 0 Å². The van der Waals surface area contributed by atoms with Gasteiger partial charge in [-0.05, 0) is 74.7 Å². The molecule has 8 rings (SSSR count). The van der Waals surface area contributed by atoms with Crippen LogP contribution in [0.1, 0.15) is 69.2 Å². The van der Waals surface area contributed by atoms with Crippen molar-refractivity contribution in [2.45, 2.75) is 44.7 Å². The number of anilines is 3. The molecule has 5 heterocycles. The lowest BCUT2D eigenvalue weighted by Gasteiger charge is -2.41. The van der Waals surface area contributed by atoms with E-state index in [1.807, 2.05) is 11.8 Å². The van der Waals surface area contributed by atoms with Gasteiger partial charge in [-0.15, -0.1) is 0 Å². The molecule has 0 saturated carbocycles. The van der Waals surface area contributed by atoms with Crippen molar-refractivity contribution < 1.29 is 47.1 Å². The number of carbonyl (C=O) groups is 7. The number of imide groups is 2. The summed E-state index contributed by atoms with van der Waals surface area (Å²) in [7, 11) is 1.49. The smallest absolute Gasteiger partial charge is 0.264 e. The van der Waals surface area contributed by atoms with Gasteiger partial charge in [-0.3, -0.25) is 53.7 Å². The van der Waals surface area contributed by atoms with Crippen molar-refractivity contribution in [3.05, 3.63) is 107 Å². The molecule has 4 aliphatic rings. The van der Waals surface area contributed by atoms with E-state index in [2.05, 4.69) is 32.5 Å². The van der Waals surface area contributed by atoms with Crippen LogP contribution in [0, 0.1) is 11.6 Å². The Labute approximate surface area is 371 Å². The number of pyridine rings is 1. The van der Waals surface area contributed by atoms with Crippen LogP contribution >= 0.6 is 0 Å². The first-order chi connectivity index (χ1) is 31.4. The number of nitrogens with one attached hydrogen (secondary N) is 3. The molecule has 2 unspecified atom stereocenters. The molecule has 0 radical (unpaired) electrons. The van der Waals surface area contributed by atoms with Gasteiger partial charge in [-0.1, -0.05) is 24.8 Å². The number of rotatable bonds is 11. The van der Waals surface area contributed by atoms with E-state index in [1.165, 1.54) is 49.5 Å². The zero-order valence-corrected chi connectivity index (χ0v) is 35.4. The fraction of sp³-hybridized carbons (Fsp3) is 0.283. The van der Waals surface area contributed by atoms with Crippen LogP contribution in [0.25, 0.3) is 11.3 Å². The Morgan fingerprint density at radius 1 is 0.954 bits per heavy atom. The minimum atomic E-state index is -1.10. The molecule has 1 aromatic heterocycles. The summed E-state index contributed by atoms with van der Waals surface area (Å²) in [5.74, 6) is -5.13. The molecule has 3 N–H and O–H groups in total. The highest BCUT2D eigenvalue weighted by atomic mass is 19.1. The lowest BCUT2D eigenvalue weighted by molar-refractivity contribution is -0.136. The second kappa shape index (κ2) is 18.1. The first kappa shape index (κ1) is 43.8. The predicted octanol–water partition coefficient (Wildman–Crippen LogP) is 4.55. The van der Waals surface area contributed by atoms with E-state index in [0.717, 1.165) is 21.9 Å². The van der Waals surface area contributed by atoms with E-state index in [1.54, 1.807) is 17.0 Å². The molecular formula is C46H43F2N9O8. The summed E-state index contributed by atoms with van der Waals surface area (Å²) in [6.45, 7) is 6.80. The third-order valence-corrected chi connectivity index (χ3v) is 11.7. The van der Waals surface area contributed by atoms with E-state index in [9.17, 15) is 33.6 Å². The van der Waals surface area contributed by atoms with Crippen LogP contribution < -0.4 is 25.6 Å². The van der Waals surface area contributed by atoms with Crippen LogP contribution in [0.4, 0.5) is 26.0 Å². The maximum absolute atomic E-state index is 16.4. The number of carbonyl (C=O) groups excluding carboxylic acids is 7. The van der Waals surface area contributed by atoms with Crippen molar-refractivity contribution in [3.8, 4) is 22.8 Å². The summed E-state index contributed by atoms with van der Waals surface area (Å²) < 4.78 is 38.3. The minimum Gasteiger partial charge on any atom is -0.454 e. The number of hydrogen-bond donors (Lipinski definition) is 3. The minimum absolute atomic E-state index is 0.000491. The SMILES string of the molecule is C=CC(=O)N1CCN(/C(=N/C)c2cc(F)c3nc2N(C=O)c2c(cccc2C(=O)NCCCCNc2cccc4c2C(=O)N(C2CCC(=O)NC2=O)C4=O)Oc2cccc(F)c2-3)C(C)C1. The van der Waals surface area contributed by atoms with Gasteiger partial charge >= 0.3 is 0 Å². The highest BCUT2D eigenvalue weighted by Gasteiger charge is 2.45. The molecule has 0 spiro atoms. The number of aliphatic imine (C=N–C) groups is 1. The quantitative estimate of drug-likeness (QED) is 0.0477. The Morgan fingerprint density at radius 3 is 2.45 bits per heavy atom. The number of aromatic nitrogens is 1. The number of amides is 7. The monoisotopic (exact) mass is 887 g/mol. The third kappa shape index (κ3) is 8.04. The Bertz CT molecular complexity index is 2730. The average Bonchev–Trinajstić information content (AvgIpc) is 3.57. The molecule has 3 aromatic carbocycles. The number of unbranched alkanes of at least 4 members (excludes halogenated alkanes) is 1. The normalized spacial score (nSPS) is 18.1. The largest absolute Gasteiger partial charge is 0.454 e. The molecule has 4 aliphatic heterocycles. The van der Waals surface area contributed by atoms with Crippen LogP contribution in [0.2, 0.25) is 0 Å². The lowest BCUT2D eigenvalue weighted by Crippen LogP contribution is -2.55. The maximum atomic E-state index is 16.4. The predicted molar refractivity (Wildman–Crippen MR) is 233 cm³/mol. The highest BCUT2D eigenvalue weighted by molar-refractivity contribution is 6.25. The second-order valence-corrected chi connectivity index (χ2v) is 15.7. The third-order valence-electron chi connectivity index (χ3n) is 11.7. The molecule has 2 atom stereocenters. The molecule has 2 bridgehead atoms. The summed E-state index contributed by atoms with van der Waals surface area (Å²) in [4.78, 5) is 105. The summed E-state index contributed by atoms with van der Waals surface area (Å²) in [6, 6.07) is 12.9. The molecular weight excluding hydrogens is 845 g/mol. The Balaban J connectivity index is 1.03. The van der Waals surface area contributed by atoms with Crippen LogP contribution in [0.15, 0.2) is 78.3 Å². The van der Waals surface area contributed by atoms with E-state index >= 15 is 8.78 Å². The molecule has 65 heavy (non-hydrogen) atoms. The zero-order valence-electron chi connectivity index (χ0n) is 35.4. The Morgan fingerprint density at radius 2 is 1.71 bits per heavy atom. The number of benzene rings is 3. The number of fused-ring (bicyclic) bond motifs is 6. The summed E-state index contributed by atoms with van der Waals surface area (Å²) in [5, 5.41) is 8.24. The number of hydrogen-bond acceptors (Lipinski definition) is 11. The van der Waals surface area contributed by atoms with Crippen molar-refractivity contribution in [2.75, 3.05) is 50.0 Å². The molecule has 334 valence electrons. The number of halogens is 2. The average molecular weight is 888 g/mol. The van der Waals surface area contributed by atoms with Gasteiger partial charge in [-0.25, -0.2) is 13.8 Å². The van der Waals surface area contributed by atoms with Crippen LogP contribution in [-0.4, -0.2) is 119 Å². The van der Waals surface area contributed by atoms with E-state index < -0.39 is 52.9 Å². The fourth-order valence-electron chi connectivity index (χ4n) is 8.62.